The van der Waals surface area contributed by atoms with Crippen LogP contribution in [0, 0.1) is 0 Å². The van der Waals surface area contributed by atoms with Crippen LogP contribution in [0.1, 0.15) is 0 Å². The van der Waals surface area contributed by atoms with Crippen molar-refractivity contribution in [3.05, 3.63) is 42.7 Å². The second-order valence-electron chi connectivity index (χ2n) is 3.64. The number of rotatable bonds is 2. The van der Waals surface area contributed by atoms with Crippen LogP contribution >= 0.6 is 0 Å². The van der Waals surface area contributed by atoms with E-state index in [2.05, 4.69) is 15.3 Å². The molecule has 2 heterocycles. The van der Waals surface area contributed by atoms with E-state index in [-0.39, 0.29) is 0 Å². The molecule has 4 nitrogen and oxygen atoms in total. The van der Waals surface area contributed by atoms with E-state index in [1.54, 1.807) is 6.26 Å². The normalized spacial score (nSPS) is 10.6. The van der Waals surface area contributed by atoms with Gasteiger partial charge in [-0.1, -0.05) is 12.1 Å². The molecule has 17 heavy (non-hydrogen) atoms. The number of para-hydroxylation sites is 1. The molecule has 0 unspecified atom stereocenters. The summed E-state index contributed by atoms with van der Waals surface area (Å²) in [4.78, 5) is 8.93. The second kappa shape index (κ2) is 3.90. The summed E-state index contributed by atoms with van der Waals surface area (Å²) in [6.45, 7) is 0. The van der Waals surface area contributed by atoms with Gasteiger partial charge in [0.1, 0.15) is 5.82 Å². The summed E-state index contributed by atoms with van der Waals surface area (Å²) in [6.07, 6.45) is 1.62. The second-order valence-corrected chi connectivity index (χ2v) is 3.64. The molecule has 2 aromatic heterocycles. The topological polar surface area (TPSA) is 51.0 Å². The summed E-state index contributed by atoms with van der Waals surface area (Å²) in [5.41, 5.74) is 0.901. The molecule has 0 amide bonds. The van der Waals surface area contributed by atoms with Gasteiger partial charge in [0.2, 0.25) is 0 Å². The van der Waals surface area contributed by atoms with E-state index in [1.807, 2.05) is 43.4 Å². The maximum absolute atomic E-state index is 5.32. The van der Waals surface area contributed by atoms with Crippen LogP contribution in [0.4, 0.5) is 5.82 Å². The summed E-state index contributed by atoms with van der Waals surface area (Å²) < 4.78 is 5.32. The zero-order valence-electron chi connectivity index (χ0n) is 9.34. The molecular weight excluding hydrogens is 214 g/mol. The zero-order chi connectivity index (χ0) is 11.7. The molecule has 3 aromatic rings. The minimum Gasteiger partial charge on any atom is -0.461 e. The highest BCUT2D eigenvalue weighted by Gasteiger charge is 2.09. The van der Waals surface area contributed by atoms with Crippen molar-refractivity contribution >= 4 is 16.7 Å². The van der Waals surface area contributed by atoms with E-state index in [4.69, 9.17) is 4.42 Å². The van der Waals surface area contributed by atoms with Gasteiger partial charge in [0, 0.05) is 12.4 Å². The maximum Gasteiger partial charge on any atom is 0.198 e. The lowest BCUT2D eigenvalue weighted by Crippen LogP contribution is -1.98. The van der Waals surface area contributed by atoms with Crippen molar-refractivity contribution < 1.29 is 4.42 Å². The zero-order valence-corrected chi connectivity index (χ0v) is 9.34. The average molecular weight is 225 g/mol. The van der Waals surface area contributed by atoms with Gasteiger partial charge in [-0.3, -0.25) is 0 Å². The highest BCUT2D eigenvalue weighted by molar-refractivity contribution is 5.90. The molecule has 0 spiro atoms. The van der Waals surface area contributed by atoms with Crippen molar-refractivity contribution in [3.8, 4) is 11.6 Å². The Hall–Kier alpha value is -2.36. The molecule has 0 bridgehead atoms. The van der Waals surface area contributed by atoms with E-state index >= 15 is 0 Å². The third-order valence-corrected chi connectivity index (χ3v) is 2.58. The van der Waals surface area contributed by atoms with E-state index in [0.29, 0.717) is 11.6 Å². The molecule has 0 saturated heterocycles. The van der Waals surface area contributed by atoms with Crippen molar-refractivity contribution in [3.63, 3.8) is 0 Å². The monoisotopic (exact) mass is 225 g/mol. The number of anilines is 1. The fourth-order valence-corrected chi connectivity index (χ4v) is 1.78. The van der Waals surface area contributed by atoms with Crippen molar-refractivity contribution in [2.45, 2.75) is 0 Å². The molecule has 0 aliphatic rings. The van der Waals surface area contributed by atoms with Gasteiger partial charge in [-0.25, -0.2) is 9.97 Å². The maximum atomic E-state index is 5.32. The Balaban J connectivity index is 2.28. The number of hydrogen-bond acceptors (Lipinski definition) is 4. The first kappa shape index (κ1) is 9.84. The number of benzene rings is 1. The first-order valence-corrected chi connectivity index (χ1v) is 5.37. The smallest absolute Gasteiger partial charge is 0.198 e. The van der Waals surface area contributed by atoms with Crippen LogP contribution in [0.3, 0.4) is 0 Å². The lowest BCUT2D eigenvalue weighted by atomic mass is 10.2. The Morgan fingerprint density at radius 2 is 1.94 bits per heavy atom. The fraction of sp³-hybridized carbons (Fsp3) is 0.0769. The Bertz CT molecular complexity index is 647. The minimum atomic E-state index is 0.595. The highest BCUT2D eigenvalue weighted by atomic mass is 16.3. The van der Waals surface area contributed by atoms with Crippen molar-refractivity contribution in [1.29, 1.82) is 0 Å². The molecule has 0 aliphatic heterocycles. The van der Waals surface area contributed by atoms with Crippen LogP contribution in [-0.2, 0) is 0 Å². The number of aromatic nitrogens is 2. The highest BCUT2D eigenvalue weighted by Crippen LogP contribution is 2.24. The van der Waals surface area contributed by atoms with E-state index in [1.165, 1.54) is 0 Å². The molecule has 1 aromatic carbocycles. The van der Waals surface area contributed by atoms with Gasteiger partial charge in [-0.2, -0.15) is 0 Å². The predicted octanol–water partition coefficient (Wildman–Crippen LogP) is 2.93. The molecular formula is C13H11N3O. The van der Waals surface area contributed by atoms with Crippen LogP contribution in [0.25, 0.3) is 22.5 Å². The number of nitrogens with one attached hydrogen (secondary N) is 1. The van der Waals surface area contributed by atoms with Crippen LogP contribution in [0.2, 0.25) is 0 Å². The molecule has 3 rings (SSSR count). The summed E-state index contributed by atoms with van der Waals surface area (Å²) in [5.74, 6) is 2.08. The van der Waals surface area contributed by atoms with Crippen LogP contribution in [0.15, 0.2) is 47.1 Å². The van der Waals surface area contributed by atoms with Gasteiger partial charge in [-0.05, 0) is 24.3 Å². The Labute approximate surface area is 98.3 Å². The van der Waals surface area contributed by atoms with Gasteiger partial charge in [0.05, 0.1) is 11.8 Å². The SMILES string of the molecule is CNc1nc(-c2ccco2)nc2ccccc12. The predicted molar refractivity (Wildman–Crippen MR) is 66.8 cm³/mol. The first-order valence-electron chi connectivity index (χ1n) is 5.37. The van der Waals surface area contributed by atoms with Crippen molar-refractivity contribution in [2.24, 2.45) is 0 Å². The minimum absolute atomic E-state index is 0.595. The molecule has 4 heteroatoms. The third-order valence-electron chi connectivity index (χ3n) is 2.58. The van der Waals surface area contributed by atoms with E-state index in [9.17, 15) is 0 Å². The molecule has 0 saturated carbocycles. The fourth-order valence-electron chi connectivity index (χ4n) is 1.78. The molecule has 0 radical (unpaired) electrons. The number of nitrogens with zero attached hydrogens (tertiary/aromatic N) is 2. The lowest BCUT2D eigenvalue weighted by molar-refractivity contribution is 0.577. The molecule has 0 aliphatic carbocycles. The molecule has 1 N–H and O–H groups in total. The van der Waals surface area contributed by atoms with Crippen molar-refractivity contribution in [1.82, 2.24) is 9.97 Å². The summed E-state index contributed by atoms with van der Waals surface area (Å²) in [6, 6.07) is 11.6. The standard InChI is InChI=1S/C13H11N3O/c1-14-12-9-5-2-3-6-10(9)15-13(16-12)11-7-4-8-17-11/h2-8H,1H3,(H,14,15,16). The molecule has 84 valence electrons. The quantitative estimate of drug-likeness (QED) is 0.728. The lowest BCUT2D eigenvalue weighted by Gasteiger charge is -2.06. The van der Waals surface area contributed by atoms with Crippen molar-refractivity contribution in [2.75, 3.05) is 12.4 Å². The summed E-state index contributed by atoms with van der Waals surface area (Å²) in [5, 5.41) is 4.08. The van der Waals surface area contributed by atoms with Gasteiger partial charge < -0.3 is 9.73 Å². The summed E-state index contributed by atoms with van der Waals surface area (Å²) in [7, 11) is 1.85. The van der Waals surface area contributed by atoms with Crippen LogP contribution in [-0.4, -0.2) is 17.0 Å². The number of hydrogen-bond donors (Lipinski definition) is 1. The van der Waals surface area contributed by atoms with Crippen LogP contribution in [0.5, 0.6) is 0 Å². The van der Waals surface area contributed by atoms with E-state index < -0.39 is 0 Å². The molecule has 0 fully saturated rings. The van der Waals surface area contributed by atoms with Gasteiger partial charge in [-0.15, -0.1) is 0 Å². The molecule has 0 atom stereocenters. The van der Waals surface area contributed by atoms with Gasteiger partial charge in [0.15, 0.2) is 11.6 Å². The number of fused-ring (bicyclic) bond motifs is 1. The first-order chi connectivity index (χ1) is 8.38. The average Bonchev–Trinajstić information content (AvgIpc) is 2.91. The Morgan fingerprint density at radius 3 is 2.71 bits per heavy atom. The van der Waals surface area contributed by atoms with E-state index in [0.717, 1.165) is 16.7 Å². The largest absolute Gasteiger partial charge is 0.461 e. The Morgan fingerprint density at radius 1 is 1.06 bits per heavy atom. The number of furan rings is 1. The Kier molecular flexibility index (Phi) is 2.26. The van der Waals surface area contributed by atoms with Gasteiger partial charge in [0.25, 0.3) is 0 Å². The van der Waals surface area contributed by atoms with Crippen LogP contribution < -0.4 is 5.32 Å². The van der Waals surface area contributed by atoms with Gasteiger partial charge >= 0.3 is 0 Å². The third kappa shape index (κ3) is 1.63. The summed E-state index contributed by atoms with van der Waals surface area (Å²) >= 11 is 0.